The number of carbonyl (C=O) groups is 1. The summed E-state index contributed by atoms with van der Waals surface area (Å²) in [6.07, 6.45) is 0.430. The fraction of sp³-hybridized carbons (Fsp3) is 0.533. The van der Waals surface area contributed by atoms with E-state index in [0.717, 1.165) is 32.8 Å². The van der Waals surface area contributed by atoms with E-state index >= 15 is 0 Å². The molecule has 1 saturated heterocycles. The van der Waals surface area contributed by atoms with Crippen LogP contribution < -0.4 is 9.47 Å². The van der Waals surface area contributed by atoms with Gasteiger partial charge in [-0.05, 0) is 6.07 Å². The summed E-state index contributed by atoms with van der Waals surface area (Å²) in [5.41, 5.74) is 0.497. The average Bonchev–Trinajstić information content (AvgIpc) is 2.53. The van der Waals surface area contributed by atoms with Crippen molar-refractivity contribution in [1.29, 1.82) is 0 Å². The summed E-state index contributed by atoms with van der Waals surface area (Å²) in [6.45, 7) is 3.91. The topological polar surface area (TPSA) is 48.0 Å². The summed E-state index contributed by atoms with van der Waals surface area (Å²) in [4.78, 5) is 14.6. The molecule has 21 heavy (non-hydrogen) atoms. The van der Waals surface area contributed by atoms with Crippen LogP contribution in [0.4, 0.5) is 0 Å². The van der Waals surface area contributed by atoms with E-state index in [1.165, 1.54) is 14.2 Å². The Labute approximate surface area is 129 Å². The molecule has 1 aliphatic heterocycles. The number of morpholine rings is 1. The summed E-state index contributed by atoms with van der Waals surface area (Å²) in [5, 5.41) is 0.410. The Kier molecular flexibility index (Phi) is 5.85. The van der Waals surface area contributed by atoms with Crippen molar-refractivity contribution < 1.29 is 19.0 Å². The standard InChI is InChI=1S/C15H20ClNO4/c1-19-14-10-15(20-2)12(16)9-11(14)13(18)3-4-17-5-7-21-8-6-17/h9-10H,3-8H2,1-2H3. The lowest BCUT2D eigenvalue weighted by Gasteiger charge is -2.26. The first kappa shape index (κ1) is 16.1. The molecular formula is C15H20ClNO4. The molecule has 1 heterocycles. The summed E-state index contributed by atoms with van der Waals surface area (Å²) < 4.78 is 15.7. The lowest BCUT2D eigenvalue weighted by atomic mass is 10.1. The minimum absolute atomic E-state index is 0.0166. The molecule has 1 aromatic carbocycles. The fourth-order valence-corrected chi connectivity index (χ4v) is 2.54. The van der Waals surface area contributed by atoms with Crippen molar-refractivity contribution in [3.8, 4) is 11.5 Å². The number of rotatable bonds is 6. The highest BCUT2D eigenvalue weighted by molar-refractivity contribution is 6.32. The number of hydrogen-bond donors (Lipinski definition) is 0. The largest absolute Gasteiger partial charge is 0.496 e. The van der Waals surface area contributed by atoms with Crippen LogP contribution in [-0.2, 0) is 4.74 Å². The molecule has 0 radical (unpaired) electrons. The summed E-state index contributed by atoms with van der Waals surface area (Å²) in [7, 11) is 3.06. The van der Waals surface area contributed by atoms with E-state index in [9.17, 15) is 4.79 Å². The van der Waals surface area contributed by atoms with Gasteiger partial charge in [0.15, 0.2) is 5.78 Å². The van der Waals surface area contributed by atoms with Gasteiger partial charge in [-0.1, -0.05) is 11.6 Å². The summed E-state index contributed by atoms with van der Waals surface area (Å²) >= 11 is 6.09. The molecule has 0 atom stereocenters. The minimum Gasteiger partial charge on any atom is -0.496 e. The third-order valence-electron chi connectivity index (χ3n) is 3.53. The number of Topliss-reactive ketones (excluding diaryl/α,β-unsaturated/α-hetero) is 1. The molecule has 1 fully saturated rings. The Hall–Kier alpha value is -1.30. The maximum Gasteiger partial charge on any atom is 0.167 e. The Morgan fingerprint density at radius 1 is 1.24 bits per heavy atom. The van der Waals surface area contributed by atoms with Crippen molar-refractivity contribution in [2.45, 2.75) is 6.42 Å². The van der Waals surface area contributed by atoms with Gasteiger partial charge in [-0.3, -0.25) is 9.69 Å². The van der Waals surface area contributed by atoms with Crippen molar-refractivity contribution in [2.75, 3.05) is 47.1 Å². The third kappa shape index (κ3) is 4.09. The van der Waals surface area contributed by atoms with E-state index in [1.807, 2.05) is 0 Å². The first-order valence-corrected chi connectivity index (χ1v) is 7.28. The Morgan fingerprint density at radius 2 is 1.90 bits per heavy atom. The number of benzene rings is 1. The smallest absolute Gasteiger partial charge is 0.167 e. The predicted molar refractivity (Wildman–Crippen MR) is 80.8 cm³/mol. The van der Waals surface area contributed by atoms with Gasteiger partial charge in [-0.25, -0.2) is 0 Å². The van der Waals surface area contributed by atoms with Crippen molar-refractivity contribution in [3.05, 3.63) is 22.7 Å². The molecule has 116 valence electrons. The number of carbonyl (C=O) groups excluding carboxylic acids is 1. The number of halogens is 1. The van der Waals surface area contributed by atoms with Crippen LogP contribution in [0.2, 0.25) is 5.02 Å². The van der Waals surface area contributed by atoms with E-state index in [-0.39, 0.29) is 5.78 Å². The van der Waals surface area contributed by atoms with Crippen LogP contribution in [0.25, 0.3) is 0 Å². The predicted octanol–water partition coefficient (Wildman–Crippen LogP) is 2.26. The fourth-order valence-electron chi connectivity index (χ4n) is 2.30. The van der Waals surface area contributed by atoms with Gasteiger partial charge in [-0.15, -0.1) is 0 Å². The van der Waals surface area contributed by atoms with Gasteiger partial charge in [0.2, 0.25) is 0 Å². The minimum atomic E-state index is 0.0166. The number of methoxy groups -OCH3 is 2. The third-order valence-corrected chi connectivity index (χ3v) is 3.83. The molecule has 0 saturated carbocycles. The van der Waals surface area contributed by atoms with Crippen LogP contribution in [0.3, 0.4) is 0 Å². The van der Waals surface area contributed by atoms with Crippen LogP contribution in [0.5, 0.6) is 11.5 Å². The first-order valence-electron chi connectivity index (χ1n) is 6.90. The molecule has 0 N–H and O–H groups in total. The van der Waals surface area contributed by atoms with Crippen LogP contribution in [-0.4, -0.2) is 57.8 Å². The molecular weight excluding hydrogens is 294 g/mol. The van der Waals surface area contributed by atoms with E-state index < -0.39 is 0 Å². The molecule has 0 unspecified atom stereocenters. The zero-order valence-corrected chi connectivity index (χ0v) is 13.1. The number of hydrogen-bond acceptors (Lipinski definition) is 5. The molecule has 0 aliphatic carbocycles. The highest BCUT2D eigenvalue weighted by Gasteiger charge is 2.18. The number of ether oxygens (including phenoxy) is 3. The van der Waals surface area contributed by atoms with Crippen LogP contribution >= 0.6 is 11.6 Å². The van der Waals surface area contributed by atoms with Crippen molar-refractivity contribution in [2.24, 2.45) is 0 Å². The normalized spacial score (nSPS) is 15.8. The molecule has 0 bridgehead atoms. The van der Waals surface area contributed by atoms with E-state index in [0.29, 0.717) is 28.5 Å². The van der Waals surface area contributed by atoms with Gasteiger partial charge < -0.3 is 14.2 Å². The van der Waals surface area contributed by atoms with Gasteiger partial charge in [-0.2, -0.15) is 0 Å². The highest BCUT2D eigenvalue weighted by Crippen LogP contribution is 2.33. The SMILES string of the molecule is COc1cc(OC)c(C(=O)CCN2CCOCC2)cc1Cl. The van der Waals surface area contributed by atoms with Gasteiger partial charge in [0.25, 0.3) is 0 Å². The second-order valence-corrected chi connectivity index (χ2v) is 5.22. The maximum atomic E-state index is 12.4. The summed E-state index contributed by atoms with van der Waals surface area (Å²) in [6, 6.07) is 3.26. The van der Waals surface area contributed by atoms with E-state index in [2.05, 4.69) is 4.90 Å². The molecule has 1 aromatic rings. The Morgan fingerprint density at radius 3 is 2.52 bits per heavy atom. The van der Waals surface area contributed by atoms with Crippen LogP contribution in [0.15, 0.2) is 12.1 Å². The molecule has 0 spiro atoms. The molecule has 2 rings (SSSR count). The van der Waals surface area contributed by atoms with E-state index in [1.54, 1.807) is 12.1 Å². The molecule has 6 heteroatoms. The highest BCUT2D eigenvalue weighted by atomic mass is 35.5. The molecule has 1 aliphatic rings. The van der Waals surface area contributed by atoms with Gasteiger partial charge in [0.1, 0.15) is 11.5 Å². The monoisotopic (exact) mass is 313 g/mol. The maximum absolute atomic E-state index is 12.4. The van der Waals surface area contributed by atoms with Gasteiger partial charge >= 0.3 is 0 Å². The quantitative estimate of drug-likeness (QED) is 0.754. The van der Waals surface area contributed by atoms with Crippen LogP contribution in [0, 0.1) is 0 Å². The molecule has 0 amide bonds. The number of nitrogens with zero attached hydrogens (tertiary/aromatic N) is 1. The first-order chi connectivity index (χ1) is 10.2. The van der Waals surface area contributed by atoms with Crippen LogP contribution in [0.1, 0.15) is 16.8 Å². The van der Waals surface area contributed by atoms with E-state index in [4.69, 9.17) is 25.8 Å². The van der Waals surface area contributed by atoms with Crippen molar-refractivity contribution in [3.63, 3.8) is 0 Å². The zero-order valence-electron chi connectivity index (χ0n) is 12.4. The Balaban J connectivity index is 2.05. The lowest BCUT2D eigenvalue weighted by molar-refractivity contribution is 0.0370. The second kappa shape index (κ2) is 7.64. The second-order valence-electron chi connectivity index (χ2n) is 4.81. The van der Waals surface area contributed by atoms with Crippen molar-refractivity contribution in [1.82, 2.24) is 4.90 Å². The van der Waals surface area contributed by atoms with Gasteiger partial charge in [0.05, 0.1) is 38.0 Å². The molecule has 0 aromatic heterocycles. The summed E-state index contributed by atoms with van der Waals surface area (Å²) in [5.74, 6) is 1.00. The Bertz CT molecular complexity index is 501. The zero-order chi connectivity index (χ0) is 15.2. The van der Waals surface area contributed by atoms with Crippen molar-refractivity contribution >= 4 is 17.4 Å². The number of ketones is 1. The van der Waals surface area contributed by atoms with Gasteiger partial charge in [0, 0.05) is 32.1 Å². The molecule has 5 nitrogen and oxygen atoms in total. The lowest BCUT2D eigenvalue weighted by Crippen LogP contribution is -2.37. The average molecular weight is 314 g/mol.